The van der Waals surface area contributed by atoms with E-state index >= 15 is 0 Å². The van der Waals surface area contributed by atoms with Gasteiger partial charge in [-0.25, -0.2) is 9.78 Å². The van der Waals surface area contributed by atoms with E-state index in [1.807, 2.05) is 6.92 Å². The van der Waals surface area contributed by atoms with Gasteiger partial charge in [0.1, 0.15) is 22.7 Å². The maximum absolute atomic E-state index is 13.3. The number of carbonyl (C=O) groups excluding carboxylic acids is 2. The van der Waals surface area contributed by atoms with Gasteiger partial charge in [0, 0.05) is 19.2 Å². The fourth-order valence-electron chi connectivity index (χ4n) is 3.48. The lowest BCUT2D eigenvalue weighted by atomic mass is 9.97. The van der Waals surface area contributed by atoms with Gasteiger partial charge < -0.3 is 24.4 Å². The lowest BCUT2D eigenvalue weighted by molar-refractivity contribution is -0.141. The number of alkyl carbamates (subject to hydrolysis) is 1. The Kier molecular flexibility index (Phi) is 10.4. The van der Waals surface area contributed by atoms with Crippen LogP contribution in [0.3, 0.4) is 0 Å². The number of nitrogens with one attached hydrogen (secondary N) is 1. The molecular formula is C27H36F3N3O5. The van der Waals surface area contributed by atoms with Crippen LogP contribution in [0.1, 0.15) is 70.2 Å². The van der Waals surface area contributed by atoms with Crippen LogP contribution in [0.5, 0.6) is 11.6 Å². The molecule has 0 spiro atoms. The van der Waals surface area contributed by atoms with Crippen LogP contribution in [0.2, 0.25) is 0 Å². The molecule has 0 saturated carbocycles. The van der Waals surface area contributed by atoms with Crippen molar-refractivity contribution in [2.45, 2.75) is 71.7 Å². The first-order valence-corrected chi connectivity index (χ1v) is 12.3. The zero-order chi connectivity index (χ0) is 28.7. The van der Waals surface area contributed by atoms with E-state index in [0.29, 0.717) is 23.3 Å². The predicted molar refractivity (Wildman–Crippen MR) is 138 cm³/mol. The number of anilines is 1. The van der Waals surface area contributed by atoms with Crippen molar-refractivity contribution in [2.75, 3.05) is 25.7 Å². The summed E-state index contributed by atoms with van der Waals surface area (Å²) in [6.07, 6.45) is -3.81. The van der Waals surface area contributed by atoms with Gasteiger partial charge in [0.2, 0.25) is 11.8 Å². The number of hydrogen-bond donors (Lipinski definition) is 1. The van der Waals surface area contributed by atoms with Crippen LogP contribution in [0, 0.1) is 0 Å². The number of nitrogens with zero attached hydrogens (tertiary/aromatic N) is 2. The van der Waals surface area contributed by atoms with Gasteiger partial charge in [-0.2, -0.15) is 13.2 Å². The molecule has 0 aliphatic rings. The van der Waals surface area contributed by atoms with Crippen molar-refractivity contribution >= 4 is 17.7 Å². The first kappa shape index (κ1) is 30.7. The molecule has 0 fully saturated rings. The minimum Gasteiger partial charge on any atom is -0.496 e. The van der Waals surface area contributed by atoms with Crippen molar-refractivity contribution in [1.29, 1.82) is 0 Å². The molecule has 0 bridgehead atoms. The average molecular weight is 540 g/mol. The van der Waals surface area contributed by atoms with E-state index in [1.165, 1.54) is 25.1 Å². The molecule has 210 valence electrons. The van der Waals surface area contributed by atoms with Crippen molar-refractivity contribution in [3.8, 4) is 11.6 Å². The van der Waals surface area contributed by atoms with Gasteiger partial charge in [-0.15, -0.1) is 0 Å². The van der Waals surface area contributed by atoms with E-state index in [9.17, 15) is 22.8 Å². The number of methoxy groups -OCH3 is 1. The molecule has 2 aromatic rings. The normalized spacial score (nSPS) is 12.5. The highest BCUT2D eigenvalue weighted by Gasteiger charge is 2.34. The molecule has 0 saturated heterocycles. The van der Waals surface area contributed by atoms with Gasteiger partial charge in [0.15, 0.2) is 0 Å². The van der Waals surface area contributed by atoms with Crippen molar-refractivity contribution < 1.29 is 37.0 Å². The summed E-state index contributed by atoms with van der Waals surface area (Å²) in [6, 6.07) is 7.16. The zero-order valence-electron chi connectivity index (χ0n) is 22.9. The summed E-state index contributed by atoms with van der Waals surface area (Å²) in [6.45, 7) is 9.21. The number of carbonyl (C=O) groups is 2. The minimum atomic E-state index is -4.64. The number of unbranched alkanes of at least 4 members (excludes halogenated alkanes) is 1. The number of rotatable bonds is 10. The highest BCUT2D eigenvalue weighted by molar-refractivity contribution is 5.98. The molecule has 1 N–H and O–H groups in total. The maximum atomic E-state index is 13.3. The largest absolute Gasteiger partial charge is 0.496 e. The second-order valence-corrected chi connectivity index (χ2v) is 9.77. The van der Waals surface area contributed by atoms with Gasteiger partial charge in [-0.05, 0) is 57.9 Å². The van der Waals surface area contributed by atoms with Crippen molar-refractivity contribution in [3.63, 3.8) is 0 Å². The Morgan fingerprint density at radius 2 is 1.82 bits per heavy atom. The second kappa shape index (κ2) is 12.8. The third kappa shape index (κ3) is 8.53. The number of alkyl halides is 3. The van der Waals surface area contributed by atoms with Crippen molar-refractivity contribution in [3.05, 3.63) is 47.2 Å². The Bertz CT molecular complexity index is 1120. The monoisotopic (exact) mass is 539 g/mol. The number of ether oxygens (including phenoxy) is 3. The summed E-state index contributed by atoms with van der Waals surface area (Å²) in [5, 5.41) is 2.67. The summed E-state index contributed by atoms with van der Waals surface area (Å²) in [5.74, 6) is -0.848. The second-order valence-electron chi connectivity index (χ2n) is 9.77. The topological polar surface area (TPSA) is 90.0 Å². The molecular weight excluding hydrogens is 503 g/mol. The molecule has 11 heteroatoms. The summed E-state index contributed by atoms with van der Waals surface area (Å²) in [7, 11) is 2.94. The molecule has 1 aromatic carbocycles. The van der Waals surface area contributed by atoms with Crippen molar-refractivity contribution in [1.82, 2.24) is 10.3 Å². The highest BCUT2D eigenvalue weighted by Crippen LogP contribution is 2.35. The number of pyridine rings is 1. The molecule has 1 unspecified atom stereocenters. The molecule has 2 amide bonds. The third-order valence-corrected chi connectivity index (χ3v) is 5.56. The molecule has 1 atom stereocenters. The van der Waals surface area contributed by atoms with Gasteiger partial charge in [-0.1, -0.05) is 25.5 Å². The first-order valence-electron chi connectivity index (χ1n) is 12.3. The van der Waals surface area contributed by atoms with E-state index in [0.717, 1.165) is 12.5 Å². The Labute approximate surface area is 221 Å². The lowest BCUT2D eigenvalue weighted by Gasteiger charge is -2.24. The molecule has 2 rings (SSSR count). The predicted octanol–water partition coefficient (Wildman–Crippen LogP) is 6.08. The van der Waals surface area contributed by atoms with E-state index in [4.69, 9.17) is 14.2 Å². The standard InChI is InChI=1S/C27H36F3N3O5/c1-8-9-14-37-23-20(12-13-22(32-23)27(28,29)30)33(6)24(34)17(2)18-10-11-19(21(15-18)36-7)16-31-25(35)38-26(3,4)5/h10-13,15,17H,8-9,14,16H2,1-7H3,(H,31,35). The Balaban J connectivity index is 2.25. The summed E-state index contributed by atoms with van der Waals surface area (Å²) in [4.78, 5) is 30.2. The molecule has 0 radical (unpaired) electrons. The highest BCUT2D eigenvalue weighted by atomic mass is 19.4. The van der Waals surface area contributed by atoms with Gasteiger partial charge in [-0.3, -0.25) is 4.79 Å². The van der Waals surface area contributed by atoms with Gasteiger partial charge in [0.25, 0.3) is 0 Å². The summed E-state index contributed by atoms with van der Waals surface area (Å²) in [5.41, 5.74) is -0.302. The number of likely N-dealkylation sites (N-methyl/N-ethyl adjacent to an activating group) is 1. The van der Waals surface area contributed by atoms with E-state index in [1.54, 1.807) is 45.9 Å². The van der Waals surface area contributed by atoms with Crippen LogP contribution < -0.4 is 19.7 Å². The van der Waals surface area contributed by atoms with Crippen LogP contribution in [0.4, 0.5) is 23.7 Å². The minimum absolute atomic E-state index is 0.135. The first-order chi connectivity index (χ1) is 17.7. The average Bonchev–Trinajstić information content (AvgIpc) is 2.84. The number of hydrogen-bond acceptors (Lipinski definition) is 6. The number of amides is 2. The SMILES string of the molecule is CCCCOc1nc(C(F)(F)F)ccc1N(C)C(=O)C(C)c1ccc(CNC(=O)OC(C)(C)C)c(OC)c1. The quantitative estimate of drug-likeness (QED) is 0.368. The van der Waals surface area contributed by atoms with Crippen LogP contribution >= 0.6 is 0 Å². The van der Waals surface area contributed by atoms with E-state index in [-0.39, 0.29) is 30.6 Å². The van der Waals surface area contributed by atoms with E-state index < -0.39 is 29.5 Å². The Morgan fingerprint density at radius 1 is 1.13 bits per heavy atom. The molecule has 0 aliphatic carbocycles. The number of benzene rings is 1. The van der Waals surface area contributed by atoms with Crippen LogP contribution in [0.25, 0.3) is 0 Å². The zero-order valence-corrected chi connectivity index (χ0v) is 22.9. The summed E-state index contributed by atoms with van der Waals surface area (Å²) >= 11 is 0. The molecule has 38 heavy (non-hydrogen) atoms. The Morgan fingerprint density at radius 3 is 2.39 bits per heavy atom. The molecule has 0 aliphatic heterocycles. The lowest BCUT2D eigenvalue weighted by Crippen LogP contribution is -2.32. The summed E-state index contributed by atoms with van der Waals surface area (Å²) < 4.78 is 55.9. The number of halogens is 3. The maximum Gasteiger partial charge on any atom is 0.433 e. The van der Waals surface area contributed by atoms with Crippen LogP contribution in [-0.4, -0.2) is 43.3 Å². The third-order valence-electron chi connectivity index (χ3n) is 5.56. The molecule has 1 aromatic heterocycles. The van der Waals surface area contributed by atoms with Crippen molar-refractivity contribution in [2.24, 2.45) is 0 Å². The van der Waals surface area contributed by atoms with Gasteiger partial charge >= 0.3 is 12.3 Å². The Hall–Kier alpha value is -3.50. The fraction of sp³-hybridized carbons (Fsp3) is 0.519. The number of aromatic nitrogens is 1. The molecule has 8 nitrogen and oxygen atoms in total. The smallest absolute Gasteiger partial charge is 0.433 e. The fourth-order valence-corrected chi connectivity index (χ4v) is 3.48. The van der Waals surface area contributed by atoms with Gasteiger partial charge in [0.05, 0.1) is 19.6 Å². The van der Waals surface area contributed by atoms with Crippen LogP contribution in [-0.2, 0) is 22.3 Å². The van der Waals surface area contributed by atoms with Crippen LogP contribution in [0.15, 0.2) is 30.3 Å². The van der Waals surface area contributed by atoms with E-state index in [2.05, 4.69) is 10.3 Å². The molecule has 1 heterocycles.